The molecule has 0 spiro atoms. The van der Waals surface area contributed by atoms with Crippen LogP contribution in [0.3, 0.4) is 0 Å². The van der Waals surface area contributed by atoms with Gasteiger partial charge in [0.1, 0.15) is 0 Å². The lowest BCUT2D eigenvalue weighted by Crippen LogP contribution is -1.91. The third-order valence-corrected chi connectivity index (χ3v) is 2.41. The lowest BCUT2D eigenvalue weighted by molar-refractivity contribution is -0.136. The first-order valence-electron chi connectivity index (χ1n) is 5.61. The van der Waals surface area contributed by atoms with Crippen LogP contribution >= 0.6 is 0 Å². The smallest absolute Gasteiger partial charge is 0.303 e. The summed E-state index contributed by atoms with van der Waals surface area (Å²) in [5, 5.41) is 8.44. The number of allylic oxidation sites excluding steroid dienone is 2. The number of rotatable bonds is 6. The molecule has 16 heavy (non-hydrogen) atoms. The Morgan fingerprint density at radius 3 is 2.44 bits per heavy atom. The van der Waals surface area contributed by atoms with E-state index in [0.717, 1.165) is 12.8 Å². The molecule has 0 heterocycles. The third kappa shape index (κ3) is 5.35. The van der Waals surface area contributed by atoms with Crippen molar-refractivity contribution in [2.75, 3.05) is 0 Å². The molecular weight excluding hydrogens is 200 g/mol. The zero-order chi connectivity index (χ0) is 11.8. The Morgan fingerprint density at radius 2 is 1.81 bits per heavy atom. The van der Waals surface area contributed by atoms with Crippen molar-refractivity contribution >= 4 is 5.97 Å². The van der Waals surface area contributed by atoms with E-state index in [0.29, 0.717) is 6.42 Å². The van der Waals surface area contributed by atoms with Crippen LogP contribution in [0.5, 0.6) is 0 Å². The largest absolute Gasteiger partial charge is 0.481 e. The van der Waals surface area contributed by atoms with Crippen LogP contribution in [0.25, 0.3) is 0 Å². The molecule has 1 aromatic carbocycles. The van der Waals surface area contributed by atoms with Crippen LogP contribution in [0.15, 0.2) is 36.4 Å². The zero-order valence-electron chi connectivity index (χ0n) is 9.65. The minimum absolute atomic E-state index is 0.223. The van der Waals surface area contributed by atoms with Gasteiger partial charge in [0.15, 0.2) is 0 Å². The summed E-state index contributed by atoms with van der Waals surface area (Å²) >= 11 is 0. The Bertz CT molecular complexity index is 350. The summed E-state index contributed by atoms with van der Waals surface area (Å²) in [5.41, 5.74) is 2.61. The van der Waals surface area contributed by atoms with Crippen LogP contribution in [0.1, 0.15) is 30.4 Å². The molecule has 0 radical (unpaired) electrons. The van der Waals surface area contributed by atoms with Crippen molar-refractivity contribution in [3.05, 3.63) is 47.5 Å². The molecular formula is C14H18O2. The SMILES string of the molecule is Cc1ccc(CCC=CCCC(=O)O)cc1. The minimum atomic E-state index is -0.733. The zero-order valence-corrected chi connectivity index (χ0v) is 9.65. The number of carbonyl (C=O) groups is 1. The van der Waals surface area contributed by atoms with Crippen LogP contribution in [-0.4, -0.2) is 11.1 Å². The Labute approximate surface area is 96.6 Å². The predicted molar refractivity (Wildman–Crippen MR) is 65.5 cm³/mol. The molecule has 2 nitrogen and oxygen atoms in total. The van der Waals surface area contributed by atoms with Crippen LogP contribution < -0.4 is 0 Å². The Kier molecular flexibility index (Phi) is 5.34. The lowest BCUT2D eigenvalue weighted by Gasteiger charge is -1.98. The van der Waals surface area contributed by atoms with Crippen LogP contribution in [-0.2, 0) is 11.2 Å². The number of benzene rings is 1. The van der Waals surface area contributed by atoms with Gasteiger partial charge >= 0.3 is 5.97 Å². The van der Waals surface area contributed by atoms with E-state index in [2.05, 4.69) is 37.3 Å². The highest BCUT2D eigenvalue weighted by molar-refractivity contribution is 5.66. The van der Waals surface area contributed by atoms with Gasteiger partial charge in [-0.2, -0.15) is 0 Å². The Balaban J connectivity index is 2.20. The molecule has 0 aliphatic rings. The van der Waals surface area contributed by atoms with Crippen molar-refractivity contribution in [2.24, 2.45) is 0 Å². The van der Waals surface area contributed by atoms with E-state index in [9.17, 15) is 4.79 Å². The molecule has 0 aromatic heterocycles. The monoisotopic (exact) mass is 218 g/mol. The highest BCUT2D eigenvalue weighted by Crippen LogP contribution is 2.06. The van der Waals surface area contributed by atoms with E-state index >= 15 is 0 Å². The van der Waals surface area contributed by atoms with Gasteiger partial charge in [-0.3, -0.25) is 4.79 Å². The summed E-state index contributed by atoms with van der Waals surface area (Å²) in [7, 11) is 0. The van der Waals surface area contributed by atoms with E-state index in [4.69, 9.17) is 5.11 Å². The van der Waals surface area contributed by atoms with Crippen molar-refractivity contribution in [1.29, 1.82) is 0 Å². The Hall–Kier alpha value is -1.57. The maximum absolute atomic E-state index is 10.3. The summed E-state index contributed by atoms with van der Waals surface area (Å²) < 4.78 is 0. The van der Waals surface area contributed by atoms with Crippen molar-refractivity contribution in [3.63, 3.8) is 0 Å². The second-order valence-electron chi connectivity index (χ2n) is 3.93. The fourth-order valence-corrected chi connectivity index (χ4v) is 1.45. The maximum atomic E-state index is 10.3. The standard InChI is InChI=1S/C14H18O2/c1-12-8-10-13(11-9-12)6-4-2-3-5-7-14(15)16/h2-3,8-11H,4-7H2,1H3,(H,15,16). The van der Waals surface area contributed by atoms with E-state index in [1.165, 1.54) is 11.1 Å². The third-order valence-electron chi connectivity index (χ3n) is 2.41. The molecule has 0 aliphatic carbocycles. The second-order valence-corrected chi connectivity index (χ2v) is 3.93. The molecule has 0 saturated carbocycles. The van der Waals surface area contributed by atoms with E-state index in [1.807, 2.05) is 6.08 Å². The van der Waals surface area contributed by atoms with Crippen molar-refractivity contribution in [1.82, 2.24) is 0 Å². The molecule has 1 N–H and O–H groups in total. The molecule has 0 fully saturated rings. The van der Waals surface area contributed by atoms with Crippen molar-refractivity contribution < 1.29 is 9.90 Å². The summed E-state index contributed by atoms with van der Waals surface area (Å²) in [6.45, 7) is 2.08. The number of hydrogen-bond acceptors (Lipinski definition) is 1. The van der Waals surface area contributed by atoms with Crippen LogP contribution in [0.2, 0.25) is 0 Å². The summed E-state index contributed by atoms with van der Waals surface area (Å²) in [4.78, 5) is 10.3. The number of aryl methyl sites for hydroxylation is 2. The average molecular weight is 218 g/mol. The predicted octanol–water partition coefficient (Wildman–Crippen LogP) is 3.35. The summed E-state index contributed by atoms with van der Waals surface area (Å²) in [5.74, 6) is -0.733. The lowest BCUT2D eigenvalue weighted by atomic mass is 10.1. The average Bonchev–Trinajstić information content (AvgIpc) is 2.25. The molecule has 0 unspecified atom stereocenters. The van der Waals surface area contributed by atoms with Gasteiger partial charge in [-0.25, -0.2) is 0 Å². The molecule has 0 aliphatic heterocycles. The van der Waals surface area contributed by atoms with Gasteiger partial charge in [0.05, 0.1) is 0 Å². The molecule has 0 bridgehead atoms. The van der Waals surface area contributed by atoms with Gasteiger partial charge in [0, 0.05) is 6.42 Å². The maximum Gasteiger partial charge on any atom is 0.303 e. The van der Waals surface area contributed by atoms with Crippen LogP contribution in [0, 0.1) is 6.92 Å². The number of carboxylic acids is 1. The molecule has 1 aromatic rings. The molecule has 0 amide bonds. The molecule has 86 valence electrons. The number of aliphatic carboxylic acids is 1. The topological polar surface area (TPSA) is 37.3 Å². The van der Waals surface area contributed by atoms with Gasteiger partial charge in [0.25, 0.3) is 0 Å². The summed E-state index contributed by atoms with van der Waals surface area (Å²) in [6, 6.07) is 8.51. The normalized spacial score (nSPS) is 10.8. The first-order chi connectivity index (χ1) is 7.68. The van der Waals surface area contributed by atoms with E-state index in [1.54, 1.807) is 0 Å². The van der Waals surface area contributed by atoms with Gasteiger partial charge in [-0.15, -0.1) is 0 Å². The highest BCUT2D eigenvalue weighted by atomic mass is 16.4. The number of hydrogen-bond donors (Lipinski definition) is 1. The summed E-state index contributed by atoms with van der Waals surface area (Å²) in [6.07, 6.45) is 6.85. The van der Waals surface area contributed by atoms with Crippen molar-refractivity contribution in [3.8, 4) is 0 Å². The second kappa shape index (κ2) is 6.83. The van der Waals surface area contributed by atoms with Crippen LogP contribution in [0.4, 0.5) is 0 Å². The Morgan fingerprint density at radius 1 is 1.19 bits per heavy atom. The van der Waals surface area contributed by atoms with Gasteiger partial charge in [0.2, 0.25) is 0 Å². The van der Waals surface area contributed by atoms with E-state index < -0.39 is 5.97 Å². The first kappa shape index (κ1) is 12.5. The molecule has 0 saturated heterocycles. The molecule has 0 atom stereocenters. The van der Waals surface area contributed by atoms with E-state index in [-0.39, 0.29) is 6.42 Å². The number of carboxylic acid groups (broad SMARTS) is 1. The van der Waals surface area contributed by atoms with Gasteiger partial charge in [-0.1, -0.05) is 42.0 Å². The fourth-order valence-electron chi connectivity index (χ4n) is 1.45. The first-order valence-corrected chi connectivity index (χ1v) is 5.61. The highest BCUT2D eigenvalue weighted by Gasteiger charge is 1.92. The van der Waals surface area contributed by atoms with Gasteiger partial charge < -0.3 is 5.11 Å². The molecule has 1 rings (SSSR count). The van der Waals surface area contributed by atoms with Crippen molar-refractivity contribution in [2.45, 2.75) is 32.6 Å². The minimum Gasteiger partial charge on any atom is -0.481 e. The molecule has 2 heteroatoms. The fraction of sp³-hybridized carbons (Fsp3) is 0.357. The quantitative estimate of drug-likeness (QED) is 0.743. The van der Waals surface area contributed by atoms with Gasteiger partial charge in [-0.05, 0) is 31.7 Å².